The van der Waals surface area contributed by atoms with Gasteiger partial charge in [-0.3, -0.25) is 14.9 Å². The zero-order valence-electron chi connectivity index (χ0n) is 13.3. The number of imide groups is 1. The van der Waals surface area contributed by atoms with Gasteiger partial charge in [0, 0.05) is 34.2 Å². The van der Waals surface area contributed by atoms with E-state index in [0.717, 1.165) is 33.8 Å². The molecule has 7 heteroatoms. The third-order valence-electron chi connectivity index (χ3n) is 4.10. The second-order valence-corrected chi connectivity index (χ2v) is 7.24. The van der Waals surface area contributed by atoms with Crippen molar-refractivity contribution in [2.45, 2.75) is 6.54 Å². The largest absolute Gasteiger partial charge is 0.342 e. The molecule has 2 heterocycles. The molecule has 2 aromatic carbocycles. The Hall–Kier alpha value is -2.57. The van der Waals surface area contributed by atoms with Crippen LogP contribution in [0.25, 0.3) is 17.0 Å². The van der Waals surface area contributed by atoms with Gasteiger partial charge in [0.2, 0.25) is 0 Å². The smallest absolute Gasteiger partial charge is 0.290 e. The highest BCUT2D eigenvalue weighted by Crippen LogP contribution is 2.30. The third kappa shape index (κ3) is 3.13. The summed E-state index contributed by atoms with van der Waals surface area (Å²) in [5.41, 5.74) is 2.57. The molecule has 2 amide bonds. The summed E-state index contributed by atoms with van der Waals surface area (Å²) in [5.74, 6) is -0.770. The first kappa shape index (κ1) is 16.9. The topological polar surface area (TPSA) is 51.1 Å². The van der Waals surface area contributed by atoms with E-state index in [1.54, 1.807) is 12.1 Å². The molecule has 0 saturated carbocycles. The number of carbonyl (C=O) groups excluding carboxylic acids is 2. The van der Waals surface area contributed by atoms with Crippen LogP contribution in [-0.4, -0.2) is 15.7 Å². The molecule has 0 spiro atoms. The van der Waals surface area contributed by atoms with Crippen LogP contribution < -0.4 is 5.32 Å². The first-order valence-corrected chi connectivity index (χ1v) is 8.97. The van der Waals surface area contributed by atoms with Gasteiger partial charge in [-0.25, -0.2) is 4.39 Å². The van der Waals surface area contributed by atoms with Crippen LogP contribution in [-0.2, 0) is 11.3 Å². The maximum absolute atomic E-state index is 13.3. The number of benzene rings is 2. The first-order chi connectivity index (χ1) is 12.5. The summed E-state index contributed by atoms with van der Waals surface area (Å²) in [6.07, 6.45) is 3.60. The normalized spacial score (nSPS) is 15.8. The number of hydrogen-bond acceptors (Lipinski definition) is 3. The van der Waals surface area contributed by atoms with Gasteiger partial charge in [-0.2, -0.15) is 0 Å². The van der Waals surface area contributed by atoms with Crippen LogP contribution in [0, 0.1) is 5.82 Å². The summed E-state index contributed by atoms with van der Waals surface area (Å²) in [6, 6.07) is 12.1. The molecule has 4 rings (SSSR count). The molecular weight excluding hydrogens is 375 g/mol. The number of hydrogen-bond donors (Lipinski definition) is 1. The van der Waals surface area contributed by atoms with Gasteiger partial charge in [-0.05, 0) is 41.6 Å². The Morgan fingerprint density at radius 3 is 2.73 bits per heavy atom. The summed E-state index contributed by atoms with van der Waals surface area (Å²) >= 11 is 7.03. The van der Waals surface area contributed by atoms with Crippen LogP contribution in [0.3, 0.4) is 0 Å². The minimum Gasteiger partial charge on any atom is -0.342 e. The molecule has 3 aromatic rings. The maximum Gasteiger partial charge on any atom is 0.290 e. The van der Waals surface area contributed by atoms with Crippen LogP contribution in [0.1, 0.15) is 11.1 Å². The van der Waals surface area contributed by atoms with E-state index in [2.05, 4.69) is 5.32 Å². The Kier molecular flexibility index (Phi) is 4.30. The van der Waals surface area contributed by atoms with Crippen LogP contribution in [0.4, 0.5) is 9.18 Å². The fourth-order valence-electron chi connectivity index (χ4n) is 2.92. The van der Waals surface area contributed by atoms with Gasteiger partial charge in [0.05, 0.1) is 4.91 Å². The van der Waals surface area contributed by atoms with Crippen LogP contribution in [0.5, 0.6) is 0 Å². The van der Waals surface area contributed by atoms with E-state index >= 15 is 0 Å². The van der Waals surface area contributed by atoms with E-state index in [9.17, 15) is 14.0 Å². The summed E-state index contributed by atoms with van der Waals surface area (Å²) in [5, 5.41) is 3.19. The van der Waals surface area contributed by atoms with Gasteiger partial charge in [0.1, 0.15) is 5.82 Å². The molecule has 1 N–H and O–H groups in total. The standard InChI is InChI=1S/C19H12ClFN2O2S/c20-15-8-13(21)6-5-11(15)9-23-10-12(14-3-1-2-4-16(14)23)7-17-18(24)22-19(25)26-17/h1-8,10H,9H2,(H,22,24,25)/b17-7-. The second kappa shape index (κ2) is 6.63. The maximum atomic E-state index is 13.3. The quantitative estimate of drug-likeness (QED) is 0.657. The lowest BCUT2D eigenvalue weighted by Crippen LogP contribution is -2.17. The van der Waals surface area contributed by atoms with Crippen molar-refractivity contribution in [3.63, 3.8) is 0 Å². The highest BCUT2D eigenvalue weighted by atomic mass is 35.5. The Balaban J connectivity index is 1.78. The lowest BCUT2D eigenvalue weighted by Gasteiger charge is -2.07. The fraction of sp³-hybridized carbons (Fsp3) is 0.0526. The van der Waals surface area contributed by atoms with Crippen LogP contribution in [0.15, 0.2) is 53.6 Å². The minimum atomic E-state index is -0.390. The molecule has 1 aromatic heterocycles. The first-order valence-electron chi connectivity index (χ1n) is 7.78. The van der Waals surface area contributed by atoms with Crippen molar-refractivity contribution in [3.05, 3.63) is 75.5 Å². The van der Waals surface area contributed by atoms with Gasteiger partial charge >= 0.3 is 0 Å². The Morgan fingerprint density at radius 1 is 1.19 bits per heavy atom. The van der Waals surface area contributed by atoms with Crippen molar-refractivity contribution in [1.29, 1.82) is 0 Å². The summed E-state index contributed by atoms with van der Waals surface area (Å²) in [4.78, 5) is 23.5. The summed E-state index contributed by atoms with van der Waals surface area (Å²) in [6.45, 7) is 0.459. The zero-order valence-corrected chi connectivity index (χ0v) is 14.9. The zero-order chi connectivity index (χ0) is 18.3. The number of amides is 2. The molecule has 0 bridgehead atoms. The van der Waals surface area contributed by atoms with E-state index < -0.39 is 5.91 Å². The molecule has 1 aliphatic rings. The molecule has 0 unspecified atom stereocenters. The van der Waals surface area contributed by atoms with Gasteiger partial charge in [-0.1, -0.05) is 35.9 Å². The van der Waals surface area contributed by atoms with Gasteiger partial charge < -0.3 is 4.57 Å². The predicted octanol–water partition coefficient (Wildman–Crippen LogP) is 4.81. The molecule has 1 aliphatic heterocycles. The van der Waals surface area contributed by atoms with E-state index in [1.807, 2.05) is 35.0 Å². The number of halogens is 2. The number of nitrogens with zero attached hydrogens (tertiary/aromatic N) is 1. The molecule has 4 nitrogen and oxygen atoms in total. The number of rotatable bonds is 3. The number of carbonyl (C=O) groups is 2. The van der Waals surface area contributed by atoms with Gasteiger partial charge in [-0.15, -0.1) is 0 Å². The summed E-state index contributed by atoms with van der Waals surface area (Å²) in [7, 11) is 0. The van der Waals surface area contributed by atoms with Crippen molar-refractivity contribution in [3.8, 4) is 0 Å². The van der Waals surface area contributed by atoms with Crippen LogP contribution in [0.2, 0.25) is 5.02 Å². The molecule has 0 atom stereocenters. The van der Waals surface area contributed by atoms with Crippen molar-refractivity contribution < 1.29 is 14.0 Å². The Morgan fingerprint density at radius 2 is 2.00 bits per heavy atom. The van der Waals surface area contributed by atoms with E-state index in [0.29, 0.717) is 16.5 Å². The molecule has 0 radical (unpaired) electrons. The summed E-state index contributed by atoms with van der Waals surface area (Å²) < 4.78 is 15.3. The van der Waals surface area contributed by atoms with Crippen molar-refractivity contribution >= 4 is 51.5 Å². The highest BCUT2D eigenvalue weighted by Gasteiger charge is 2.25. The SMILES string of the molecule is O=C1NC(=O)/C(=C/c2cn(Cc3ccc(F)cc3Cl)c3ccccc23)S1. The monoisotopic (exact) mass is 386 g/mol. The molecule has 1 fully saturated rings. The van der Waals surface area contributed by atoms with Crippen molar-refractivity contribution in [2.75, 3.05) is 0 Å². The number of nitrogens with one attached hydrogen (secondary N) is 1. The lowest BCUT2D eigenvalue weighted by atomic mass is 10.1. The minimum absolute atomic E-state index is 0.359. The number of para-hydroxylation sites is 1. The third-order valence-corrected chi connectivity index (χ3v) is 5.27. The molecule has 0 aliphatic carbocycles. The van der Waals surface area contributed by atoms with Crippen molar-refractivity contribution in [2.24, 2.45) is 0 Å². The fourth-order valence-corrected chi connectivity index (χ4v) is 3.82. The highest BCUT2D eigenvalue weighted by molar-refractivity contribution is 8.18. The van der Waals surface area contributed by atoms with Gasteiger partial charge in [0.25, 0.3) is 11.1 Å². The average molecular weight is 387 g/mol. The average Bonchev–Trinajstić information content (AvgIpc) is 3.11. The molecular formula is C19H12ClFN2O2S. The van der Waals surface area contributed by atoms with Crippen molar-refractivity contribution in [1.82, 2.24) is 9.88 Å². The second-order valence-electron chi connectivity index (χ2n) is 5.82. The number of aromatic nitrogens is 1. The molecule has 1 saturated heterocycles. The lowest BCUT2D eigenvalue weighted by molar-refractivity contribution is -0.115. The Bertz CT molecular complexity index is 1090. The van der Waals surface area contributed by atoms with E-state index in [4.69, 9.17) is 11.6 Å². The van der Waals surface area contributed by atoms with Gasteiger partial charge in [0.15, 0.2) is 0 Å². The Labute approximate surface area is 157 Å². The molecule has 26 heavy (non-hydrogen) atoms. The predicted molar refractivity (Wildman–Crippen MR) is 102 cm³/mol. The van der Waals surface area contributed by atoms with E-state index in [-0.39, 0.29) is 11.1 Å². The van der Waals surface area contributed by atoms with Crippen LogP contribution >= 0.6 is 23.4 Å². The molecule has 130 valence electrons. The van der Waals surface area contributed by atoms with E-state index in [1.165, 1.54) is 12.1 Å². The number of thioether (sulfide) groups is 1. The number of fused-ring (bicyclic) bond motifs is 1.